The first-order valence-electron chi connectivity index (χ1n) is 8.06. The van der Waals surface area contributed by atoms with Crippen LogP contribution in [0.5, 0.6) is 0 Å². The van der Waals surface area contributed by atoms with Crippen molar-refractivity contribution < 1.29 is 14.3 Å². The second-order valence-electron chi connectivity index (χ2n) is 6.04. The number of carbonyl (C=O) groups is 1. The largest absolute Gasteiger partial charge is 0.463 e. The molecule has 0 saturated carbocycles. The van der Waals surface area contributed by atoms with Crippen LogP contribution in [0, 0.1) is 11.3 Å². The summed E-state index contributed by atoms with van der Waals surface area (Å²) in [6.07, 6.45) is 0. The lowest BCUT2D eigenvalue weighted by molar-refractivity contribution is -0.139. The average Bonchev–Trinajstić information content (AvgIpc) is 2.54. The molecular formula is C19H21BrN2O3. The van der Waals surface area contributed by atoms with Gasteiger partial charge in [0.2, 0.25) is 5.88 Å². The van der Waals surface area contributed by atoms with E-state index in [0.29, 0.717) is 11.3 Å². The highest BCUT2D eigenvalue weighted by Crippen LogP contribution is 2.42. The molecule has 25 heavy (non-hydrogen) atoms. The molecule has 0 saturated heterocycles. The zero-order valence-corrected chi connectivity index (χ0v) is 16.3. The monoisotopic (exact) mass is 404 g/mol. The van der Waals surface area contributed by atoms with Crippen molar-refractivity contribution in [3.63, 3.8) is 0 Å². The SMILES string of the molecule is CCOC(=O)C1=C(C)OC(N)=C(C#N)C1c1ccc(Br)cc1C(C)C. The Hall–Kier alpha value is -2.26. The van der Waals surface area contributed by atoms with Gasteiger partial charge in [-0.05, 0) is 43.0 Å². The fraction of sp³-hybridized carbons (Fsp3) is 0.368. The number of hydrogen-bond donors (Lipinski definition) is 1. The minimum absolute atomic E-state index is 0.0238. The van der Waals surface area contributed by atoms with Crippen LogP contribution in [0.3, 0.4) is 0 Å². The van der Waals surface area contributed by atoms with Crippen LogP contribution in [0.25, 0.3) is 0 Å². The predicted molar refractivity (Wildman–Crippen MR) is 98.2 cm³/mol. The van der Waals surface area contributed by atoms with Gasteiger partial charge >= 0.3 is 5.97 Å². The number of esters is 1. The predicted octanol–water partition coefficient (Wildman–Crippen LogP) is 4.22. The molecule has 2 N–H and O–H groups in total. The maximum Gasteiger partial charge on any atom is 0.338 e. The molecule has 1 unspecified atom stereocenters. The lowest BCUT2D eigenvalue weighted by Crippen LogP contribution is -2.26. The van der Waals surface area contributed by atoms with Crippen LogP contribution in [0.2, 0.25) is 0 Å². The van der Waals surface area contributed by atoms with E-state index in [4.69, 9.17) is 15.2 Å². The van der Waals surface area contributed by atoms with E-state index < -0.39 is 11.9 Å². The maximum atomic E-state index is 12.6. The normalized spacial score (nSPS) is 17.4. The van der Waals surface area contributed by atoms with Crippen LogP contribution >= 0.6 is 15.9 Å². The van der Waals surface area contributed by atoms with Crippen molar-refractivity contribution in [3.8, 4) is 6.07 Å². The minimum Gasteiger partial charge on any atom is -0.463 e. The number of halogens is 1. The molecule has 0 bridgehead atoms. The number of nitrogens with zero attached hydrogens (tertiary/aromatic N) is 1. The Bertz CT molecular complexity index is 803. The molecule has 0 fully saturated rings. The molecule has 0 aliphatic carbocycles. The summed E-state index contributed by atoms with van der Waals surface area (Å²) in [7, 11) is 0. The van der Waals surface area contributed by atoms with E-state index in [1.54, 1.807) is 13.8 Å². The third-order valence-corrected chi connectivity index (χ3v) is 4.58. The number of rotatable bonds is 4. The number of hydrogen-bond acceptors (Lipinski definition) is 5. The lowest BCUT2D eigenvalue weighted by atomic mass is 9.79. The van der Waals surface area contributed by atoms with Gasteiger partial charge in [0.15, 0.2) is 0 Å². The van der Waals surface area contributed by atoms with Crippen molar-refractivity contribution in [2.24, 2.45) is 5.73 Å². The van der Waals surface area contributed by atoms with E-state index >= 15 is 0 Å². The van der Waals surface area contributed by atoms with Gasteiger partial charge in [0.25, 0.3) is 0 Å². The molecule has 132 valence electrons. The summed E-state index contributed by atoms with van der Waals surface area (Å²) >= 11 is 3.48. The van der Waals surface area contributed by atoms with Crippen molar-refractivity contribution in [2.45, 2.75) is 39.5 Å². The number of nitrogens with two attached hydrogens (primary N) is 1. The Morgan fingerprint density at radius 2 is 2.16 bits per heavy atom. The van der Waals surface area contributed by atoms with Crippen molar-refractivity contribution in [1.82, 2.24) is 0 Å². The molecule has 1 aliphatic heterocycles. The van der Waals surface area contributed by atoms with Crippen molar-refractivity contribution in [3.05, 3.63) is 56.6 Å². The number of ether oxygens (including phenoxy) is 2. The zero-order valence-electron chi connectivity index (χ0n) is 14.7. The zero-order chi connectivity index (χ0) is 18.7. The van der Waals surface area contributed by atoms with Gasteiger partial charge in [-0.1, -0.05) is 35.8 Å². The Morgan fingerprint density at radius 1 is 1.48 bits per heavy atom. The lowest BCUT2D eigenvalue weighted by Gasteiger charge is -2.29. The minimum atomic E-state index is -0.608. The molecule has 6 heteroatoms. The van der Waals surface area contributed by atoms with E-state index in [9.17, 15) is 10.1 Å². The van der Waals surface area contributed by atoms with Gasteiger partial charge < -0.3 is 15.2 Å². The third kappa shape index (κ3) is 3.72. The van der Waals surface area contributed by atoms with Gasteiger partial charge in [0.1, 0.15) is 17.4 Å². The van der Waals surface area contributed by atoms with E-state index in [1.165, 1.54) is 0 Å². The molecule has 1 atom stereocenters. The molecule has 1 aromatic rings. The fourth-order valence-corrected chi connectivity index (χ4v) is 3.35. The molecule has 0 aromatic heterocycles. The Morgan fingerprint density at radius 3 is 2.72 bits per heavy atom. The number of nitriles is 1. The van der Waals surface area contributed by atoms with Gasteiger partial charge in [0.05, 0.1) is 18.1 Å². The first-order valence-corrected chi connectivity index (χ1v) is 8.85. The summed E-state index contributed by atoms with van der Waals surface area (Å²) in [5.41, 5.74) is 8.35. The average molecular weight is 405 g/mol. The summed E-state index contributed by atoms with van der Waals surface area (Å²) in [5.74, 6) is -0.528. The van der Waals surface area contributed by atoms with E-state index in [-0.39, 0.29) is 24.0 Å². The van der Waals surface area contributed by atoms with Gasteiger partial charge in [-0.15, -0.1) is 0 Å². The molecule has 0 radical (unpaired) electrons. The molecule has 0 amide bonds. The number of carbonyl (C=O) groups excluding carboxylic acids is 1. The van der Waals surface area contributed by atoms with Crippen LogP contribution in [-0.4, -0.2) is 12.6 Å². The standard InChI is InChI=1S/C19H21BrN2O3/c1-5-24-19(23)16-11(4)25-18(22)15(9-21)17(16)13-7-6-12(20)8-14(13)10(2)3/h6-8,10,17H,5,22H2,1-4H3. The number of allylic oxidation sites excluding steroid dienone is 2. The van der Waals surface area contributed by atoms with Crippen LogP contribution < -0.4 is 5.73 Å². The summed E-state index contributed by atoms with van der Waals surface area (Å²) in [6.45, 7) is 7.75. The molecule has 1 aromatic carbocycles. The topological polar surface area (TPSA) is 85.3 Å². The van der Waals surface area contributed by atoms with E-state index in [2.05, 4.69) is 35.8 Å². The van der Waals surface area contributed by atoms with E-state index in [0.717, 1.165) is 15.6 Å². The van der Waals surface area contributed by atoms with E-state index in [1.807, 2.05) is 18.2 Å². The quantitative estimate of drug-likeness (QED) is 0.759. The van der Waals surface area contributed by atoms with Gasteiger partial charge in [-0.2, -0.15) is 5.26 Å². The highest BCUT2D eigenvalue weighted by atomic mass is 79.9. The Balaban J connectivity index is 2.74. The van der Waals surface area contributed by atoms with Crippen LogP contribution in [-0.2, 0) is 14.3 Å². The maximum absolute atomic E-state index is 12.6. The molecule has 5 nitrogen and oxygen atoms in total. The van der Waals surface area contributed by atoms with Crippen molar-refractivity contribution in [2.75, 3.05) is 6.61 Å². The summed E-state index contributed by atoms with van der Waals surface area (Å²) in [6, 6.07) is 7.90. The summed E-state index contributed by atoms with van der Waals surface area (Å²) in [5, 5.41) is 9.64. The third-order valence-electron chi connectivity index (χ3n) is 4.08. The molecule has 0 spiro atoms. The number of benzene rings is 1. The first-order chi connectivity index (χ1) is 11.8. The fourth-order valence-electron chi connectivity index (χ4n) is 2.97. The van der Waals surface area contributed by atoms with Gasteiger partial charge in [-0.25, -0.2) is 4.79 Å². The van der Waals surface area contributed by atoms with Crippen molar-refractivity contribution in [1.29, 1.82) is 5.26 Å². The summed E-state index contributed by atoms with van der Waals surface area (Å²) in [4.78, 5) is 12.6. The molecule has 1 heterocycles. The first kappa shape index (κ1) is 19.1. The highest BCUT2D eigenvalue weighted by molar-refractivity contribution is 9.10. The van der Waals surface area contributed by atoms with Crippen molar-refractivity contribution >= 4 is 21.9 Å². The van der Waals surface area contributed by atoms with Crippen LogP contribution in [0.15, 0.2) is 45.5 Å². The summed E-state index contributed by atoms with van der Waals surface area (Å²) < 4.78 is 11.6. The molecular weight excluding hydrogens is 384 g/mol. The van der Waals surface area contributed by atoms with Gasteiger partial charge in [0, 0.05) is 4.47 Å². The smallest absolute Gasteiger partial charge is 0.338 e. The Kier molecular flexibility index (Phi) is 5.91. The Labute approximate surface area is 156 Å². The van der Waals surface area contributed by atoms with Gasteiger partial charge in [-0.3, -0.25) is 0 Å². The molecule has 2 rings (SSSR count). The second kappa shape index (κ2) is 7.75. The highest BCUT2D eigenvalue weighted by Gasteiger charge is 2.37. The van der Waals surface area contributed by atoms with Crippen LogP contribution in [0.1, 0.15) is 50.7 Å². The van der Waals surface area contributed by atoms with Crippen LogP contribution in [0.4, 0.5) is 0 Å². The molecule has 1 aliphatic rings. The second-order valence-corrected chi connectivity index (χ2v) is 6.96.